The second-order valence-corrected chi connectivity index (χ2v) is 9.60. The molecule has 1 saturated carbocycles. The molecule has 1 aliphatic rings. The van der Waals surface area contributed by atoms with Crippen LogP contribution in [-0.4, -0.2) is 12.0 Å². The van der Waals surface area contributed by atoms with Gasteiger partial charge < -0.3 is 0 Å². The molecule has 8 heteroatoms. The number of benzene rings is 3. The number of ether oxygens (including phenoxy) is 1. The second-order valence-electron chi connectivity index (χ2n) is 9.60. The summed E-state index contributed by atoms with van der Waals surface area (Å²) >= 11 is 0. The molecule has 1 aliphatic carbocycles. The van der Waals surface area contributed by atoms with Crippen molar-refractivity contribution in [2.75, 3.05) is 0 Å². The van der Waals surface area contributed by atoms with Gasteiger partial charge in [0, 0.05) is 5.56 Å². The highest BCUT2D eigenvalue weighted by Gasteiger charge is 2.51. The first-order chi connectivity index (χ1) is 17.5. The van der Waals surface area contributed by atoms with Crippen molar-refractivity contribution < 1.29 is 35.5 Å². The summed E-state index contributed by atoms with van der Waals surface area (Å²) in [5.74, 6) is -8.62. The third-order valence-corrected chi connectivity index (χ3v) is 7.60. The Morgan fingerprint density at radius 3 is 1.89 bits per heavy atom. The van der Waals surface area contributed by atoms with Gasteiger partial charge in [0.25, 0.3) is 0 Å². The van der Waals surface area contributed by atoms with Gasteiger partial charge in [-0.1, -0.05) is 81.3 Å². The van der Waals surface area contributed by atoms with E-state index in [9.17, 15) is 13.2 Å². The van der Waals surface area contributed by atoms with E-state index in [1.54, 1.807) is 12.1 Å². The smallest absolute Gasteiger partial charge is 0.285 e. The number of hydrogen-bond acceptors (Lipinski definition) is 1. The van der Waals surface area contributed by atoms with Crippen LogP contribution in [0.1, 0.15) is 57.4 Å². The van der Waals surface area contributed by atoms with Gasteiger partial charge in [-0.05, 0) is 47.8 Å². The van der Waals surface area contributed by atoms with Gasteiger partial charge >= 0.3 is 6.36 Å². The highest BCUT2D eigenvalue weighted by molar-refractivity contribution is 5.71. The van der Waals surface area contributed by atoms with Crippen LogP contribution >= 0.6 is 0 Å². The summed E-state index contributed by atoms with van der Waals surface area (Å²) < 4.78 is 106. The fourth-order valence-electron chi connectivity index (χ4n) is 5.77. The average molecular weight is 525 g/mol. The summed E-state index contributed by atoms with van der Waals surface area (Å²) in [6, 6.07) is 15.1. The SMILES string of the molecule is CCC1(OC(F)(F)F)CCCCC1C(C)c1c(F)c(F)c(-c2ccc(-c3ccccc3)cc2)c(F)c1F. The predicted octanol–water partition coefficient (Wildman–Crippen LogP) is 9.56. The summed E-state index contributed by atoms with van der Waals surface area (Å²) in [4.78, 5) is 0. The molecular formula is C29H27F7O. The lowest BCUT2D eigenvalue weighted by Gasteiger charge is -2.46. The van der Waals surface area contributed by atoms with Gasteiger partial charge in [-0.3, -0.25) is 4.74 Å². The van der Waals surface area contributed by atoms with E-state index in [4.69, 9.17) is 0 Å². The molecular weight excluding hydrogens is 497 g/mol. The Morgan fingerprint density at radius 2 is 1.35 bits per heavy atom. The Morgan fingerprint density at radius 1 is 0.811 bits per heavy atom. The van der Waals surface area contributed by atoms with Gasteiger partial charge in [-0.25, -0.2) is 17.6 Å². The molecule has 3 aromatic rings. The Hall–Kier alpha value is -2.87. The number of hydrogen-bond donors (Lipinski definition) is 0. The number of alkyl halides is 3. The lowest BCUT2D eigenvalue weighted by Crippen LogP contribution is -2.48. The van der Waals surface area contributed by atoms with Gasteiger partial charge in [0.1, 0.15) is 0 Å². The minimum atomic E-state index is -4.96. The highest BCUT2D eigenvalue weighted by atomic mass is 19.4. The number of halogens is 7. The first-order valence-corrected chi connectivity index (χ1v) is 12.3. The molecule has 0 heterocycles. The largest absolute Gasteiger partial charge is 0.523 e. The summed E-state index contributed by atoms with van der Waals surface area (Å²) in [5.41, 5.74) is -1.96. The molecule has 0 saturated heterocycles. The molecule has 0 aliphatic heterocycles. The Kier molecular flexibility index (Phi) is 7.70. The lowest BCUT2D eigenvalue weighted by atomic mass is 9.66. The molecule has 0 radical (unpaired) electrons. The minimum Gasteiger partial charge on any atom is -0.285 e. The molecule has 0 amide bonds. The first kappa shape index (κ1) is 27.2. The molecule has 198 valence electrons. The summed E-state index contributed by atoms with van der Waals surface area (Å²) in [5, 5.41) is 0. The van der Waals surface area contributed by atoms with Crippen LogP contribution < -0.4 is 0 Å². The molecule has 3 atom stereocenters. The zero-order valence-corrected chi connectivity index (χ0v) is 20.4. The highest BCUT2D eigenvalue weighted by Crippen LogP contribution is 2.50. The van der Waals surface area contributed by atoms with Gasteiger partial charge in [-0.2, -0.15) is 0 Å². The third-order valence-electron chi connectivity index (χ3n) is 7.60. The van der Waals surface area contributed by atoms with Crippen molar-refractivity contribution in [1.82, 2.24) is 0 Å². The molecule has 0 N–H and O–H groups in total. The molecule has 1 nitrogen and oxygen atoms in total. The summed E-state index contributed by atoms with van der Waals surface area (Å²) in [7, 11) is 0. The van der Waals surface area contributed by atoms with Crippen LogP contribution in [0.25, 0.3) is 22.3 Å². The fourth-order valence-corrected chi connectivity index (χ4v) is 5.77. The topological polar surface area (TPSA) is 9.23 Å². The third kappa shape index (κ3) is 5.26. The quantitative estimate of drug-likeness (QED) is 0.230. The van der Waals surface area contributed by atoms with Gasteiger partial charge in [0.2, 0.25) is 0 Å². The molecule has 1 fully saturated rings. The standard InChI is InChI=1S/C29H27F7O/c1-3-28(37-29(34,35)36)16-8-7-11-21(28)17(2)22-24(30)26(32)23(27(33)25(22)31)20-14-12-19(13-15-20)18-9-5-4-6-10-18/h4-6,9-10,12-15,17,21H,3,7-8,11,16H2,1-2H3. The van der Waals surface area contributed by atoms with E-state index in [1.165, 1.54) is 26.0 Å². The maximum atomic E-state index is 15.4. The Labute approximate surface area is 211 Å². The number of rotatable bonds is 6. The second kappa shape index (κ2) is 10.5. The van der Waals surface area contributed by atoms with Gasteiger partial charge in [0.15, 0.2) is 23.3 Å². The van der Waals surface area contributed by atoms with Crippen LogP contribution in [0.4, 0.5) is 30.7 Å². The minimum absolute atomic E-state index is 0.0259. The monoisotopic (exact) mass is 524 g/mol. The van der Waals surface area contributed by atoms with Crippen molar-refractivity contribution in [1.29, 1.82) is 0 Å². The maximum absolute atomic E-state index is 15.4. The molecule has 0 spiro atoms. The van der Waals surface area contributed by atoms with Crippen LogP contribution in [0.3, 0.4) is 0 Å². The van der Waals surface area contributed by atoms with Crippen LogP contribution in [-0.2, 0) is 4.74 Å². The van der Waals surface area contributed by atoms with Crippen molar-refractivity contribution in [2.24, 2.45) is 5.92 Å². The first-order valence-electron chi connectivity index (χ1n) is 12.3. The zero-order valence-electron chi connectivity index (χ0n) is 20.4. The van der Waals surface area contributed by atoms with Crippen molar-refractivity contribution in [3.05, 3.63) is 83.4 Å². The lowest BCUT2D eigenvalue weighted by molar-refractivity contribution is -0.380. The van der Waals surface area contributed by atoms with Crippen molar-refractivity contribution in [3.8, 4) is 22.3 Å². The molecule has 0 bridgehead atoms. The Bertz CT molecular complexity index is 1210. The van der Waals surface area contributed by atoms with E-state index in [2.05, 4.69) is 4.74 Å². The summed E-state index contributed by atoms with van der Waals surface area (Å²) in [6.07, 6.45) is -3.87. The van der Waals surface area contributed by atoms with E-state index < -0.39 is 58.2 Å². The fraction of sp³-hybridized carbons (Fsp3) is 0.379. The maximum Gasteiger partial charge on any atom is 0.523 e. The van der Waals surface area contributed by atoms with Crippen LogP contribution in [0, 0.1) is 29.2 Å². The molecule has 4 rings (SSSR count). The average Bonchev–Trinajstić information content (AvgIpc) is 2.88. The molecule has 37 heavy (non-hydrogen) atoms. The van der Waals surface area contributed by atoms with E-state index in [0.29, 0.717) is 12.8 Å². The Balaban J connectivity index is 1.75. The van der Waals surface area contributed by atoms with Crippen LogP contribution in [0.2, 0.25) is 0 Å². The van der Waals surface area contributed by atoms with Crippen LogP contribution in [0.15, 0.2) is 54.6 Å². The van der Waals surface area contributed by atoms with Crippen molar-refractivity contribution in [2.45, 2.75) is 63.8 Å². The molecule has 3 aromatic carbocycles. The van der Waals surface area contributed by atoms with E-state index in [0.717, 1.165) is 11.1 Å². The summed E-state index contributed by atoms with van der Waals surface area (Å²) in [6.45, 7) is 2.81. The van der Waals surface area contributed by atoms with Crippen LogP contribution in [0.5, 0.6) is 0 Å². The molecule has 3 unspecified atom stereocenters. The van der Waals surface area contributed by atoms with Crippen molar-refractivity contribution >= 4 is 0 Å². The van der Waals surface area contributed by atoms with E-state index >= 15 is 17.6 Å². The van der Waals surface area contributed by atoms with E-state index in [-0.39, 0.29) is 24.8 Å². The van der Waals surface area contributed by atoms with Crippen molar-refractivity contribution in [3.63, 3.8) is 0 Å². The van der Waals surface area contributed by atoms with E-state index in [1.807, 2.05) is 30.3 Å². The van der Waals surface area contributed by atoms with Gasteiger partial charge in [-0.15, -0.1) is 13.2 Å². The van der Waals surface area contributed by atoms with Gasteiger partial charge in [0.05, 0.1) is 11.2 Å². The predicted molar refractivity (Wildman–Crippen MR) is 128 cm³/mol. The molecule has 0 aromatic heterocycles. The zero-order chi connectivity index (χ0) is 27.0. The normalized spacial score (nSPS) is 21.2.